The molecule has 0 spiro atoms. The Hall–Kier alpha value is -1.46. The van der Waals surface area contributed by atoms with Crippen molar-refractivity contribution in [1.29, 1.82) is 0 Å². The molecule has 0 aliphatic carbocycles. The maximum Gasteiger partial charge on any atom is 0.326 e. The van der Waals surface area contributed by atoms with E-state index in [9.17, 15) is 9.59 Å². The molecule has 0 heterocycles. The quantitative estimate of drug-likeness (QED) is 0.600. The molecular formula is C14H16ClNO3S. The summed E-state index contributed by atoms with van der Waals surface area (Å²) in [7, 11) is 0. The number of hydrogen-bond acceptors (Lipinski definition) is 3. The number of rotatable bonds is 7. The lowest BCUT2D eigenvalue weighted by Gasteiger charge is -2.16. The first kappa shape index (κ1) is 16.6. The van der Waals surface area contributed by atoms with E-state index < -0.39 is 17.3 Å². The summed E-state index contributed by atoms with van der Waals surface area (Å²) in [4.78, 5) is 23.8. The molecule has 0 fully saturated rings. The number of hydrogen-bond donors (Lipinski definition) is 2. The molecule has 108 valence electrons. The molecule has 0 aromatic heterocycles. The van der Waals surface area contributed by atoms with Crippen molar-refractivity contribution < 1.29 is 14.7 Å². The molecule has 0 bridgehead atoms. The van der Waals surface area contributed by atoms with Crippen LogP contribution in [0.2, 0.25) is 5.02 Å². The second-order valence-electron chi connectivity index (χ2n) is 4.14. The lowest BCUT2D eigenvalue weighted by atomic mass is 10.2. The molecule has 4 nitrogen and oxygen atoms in total. The minimum atomic E-state index is -1.07. The van der Waals surface area contributed by atoms with Crippen LogP contribution in [-0.2, 0) is 9.59 Å². The van der Waals surface area contributed by atoms with E-state index in [0.29, 0.717) is 5.02 Å². The Kier molecular flexibility index (Phi) is 6.61. The minimum Gasteiger partial charge on any atom is -0.480 e. The zero-order valence-corrected chi connectivity index (χ0v) is 12.6. The molecule has 0 saturated heterocycles. The predicted octanol–water partition coefficient (Wildman–Crippen LogP) is 2.97. The van der Waals surface area contributed by atoms with Gasteiger partial charge in [0, 0.05) is 9.92 Å². The molecule has 1 aromatic carbocycles. The van der Waals surface area contributed by atoms with E-state index in [1.807, 2.05) is 12.1 Å². The van der Waals surface area contributed by atoms with E-state index >= 15 is 0 Å². The molecule has 0 radical (unpaired) electrons. The van der Waals surface area contributed by atoms with Gasteiger partial charge in [-0.3, -0.25) is 4.79 Å². The highest BCUT2D eigenvalue weighted by molar-refractivity contribution is 8.00. The van der Waals surface area contributed by atoms with Gasteiger partial charge in [-0.15, -0.1) is 18.3 Å². The van der Waals surface area contributed by atoms with Crippen molar-refractivity contribution in [3.05, 3.63) is 41.9 Å². The average Bonchev–Trinajstić information content (AvgIpc) is 2.40. The third-order valence-electron chi connectivity index (χ3n) is 2.51. The number of thioether (sulfide) groups is 1. The summed E-state index contributed by atoms with van der Waals surface area (Å²) in [5, 5.41) is 11.7. The number of aliphatic carboxylic acids is 1. The van der Waals surface area contributed by atoms with Crippen molar-refractivity contribution in [2.75, 3.05) is 0 Å². The lowest BCUT2D eigenvalue weighted by molar-refractivity contribution is -0.141. The van der Waals surface area contributed by atoms with Crippen molar-refractivity contribution in [3.8, 4) is 0 Å². The zero-order chi connectivity index (χ0) is 15.1. The predicted molar refractivity (Wildman–Crippen MR) is 81.2 cm³/mol. The summed E-state index contributed by atoms with van der Waals surface area (Å²) in [6.07, 6.45) is 1.66. The normalized spacial score (nSPS) is 13.3. The summed E-state index contributed by atoms with van der Waals surface area (Å²) in [5.41, 5.74) is 0. The largest absolute Gasteiger partial charge is 0.480 e. The van der Waals surface area contributed by atoms with Crippen molar-refractivity contribution in [2.45, 2.75) is 29.5 Å². The molecular weight excluding hydrogens is 298 g/mol. The first-order valence-electron chi connectivity index (χ1n) is 6.00. The second-order valence-corrected chi connectivity index (χ2v) is 5.99. The van der Waals surface area contributed by atoms with Crippen LogP contribution in [-0.4, -0.2) is 28.3 Å². The summed E-state index contributed by atoms with van der Waals surface area (Å²) in [5.74, 6) is -1.39. The Morgan fingerprint density at radius 2 is 2.05 bits per heavy atom. The van der Waals surface area contributed by atoms with Gasteiger partial charge in [-0.25, -0.2) is 4.79 Å². The standard InChI is InChI=1S/C14H16ClNO3S/c1-3-4-12(14(18)19)16-13(17)9(2)20-11-7-5-10(15)6-8-11/h3,5-9,12H,1,4H2,2H3,(H,16,17)(H,18,19). The summed E-state index contributed by atoms with van der Waals surface area (Å²) in [6, 6.07) is 6.18. The van der Waals surface area contributed by atoms with Gasteiger partial charge in [0.05, 0.1) is 5.25 Å². The number of nitrogens with one attached hydrogen (secondary N) is 1. The average molecular weight is 314 g/mol. The van der Waals surface area contributed by atoms with Gasteiger partial charge in [0.15, 0.2) is 0 Å². The molecule has 2 unspecified atom stereocenters. The molecule has 0 aliphatic heterocycles. The highest BCUT2D eigenvalue weighted by Crippen LogP contribution is 2.24. The van der Waals surface area contributed by atoms with Gasteiger partial charge in [-0.05, 0) is 37.6 Å². The molecule has 6 heteroatoms. The maximum absolute atomic E-state index is 11.9. The third-order valence-corrected chi connectivity index (χ3v) is 3.88. The summed E-state index contributed by atoms with van der Waals surface area (Å²) < 4.78 is 0. The monoisotopic (exact) mass is 313 g/mol. The van der Waals surface area contributed by atoms with Crippen LogP contribution in [0.15, 0.2) is 41.8 Å². The first-order chi connectivity index (χ1) is 9.43. The molecule has 1 amide bonds. The Morgan fingerprint density at radius 1 is 1.45 bits per heavy atom. The van der Waals surface area contributed by atoms with Crippen molar-refractivity contribution >= 4 is 35.2 Å². The topological polar surface area (TPSA) is 66.4 Å². The second kappa shape index (κ2) is 7.97. The highest BCUT2D eigenvalue weighted by atomic mass is 35.5. The zero-order valence-electron chi connectivity index (χ0n) is 11.0. The Labute approximate surface area is 127 Å². The van der Waals surface area contributed by atoms with Gasteiger partial charge in [-0.2, -0.15) is 0 Å². The van der Waals surface area contributed by atoms with E-state index in [-0.39, 0.29) is 12.3 Å². The van der Waals surface area contributed by atoms with Crippen LogP contribution in [0.25, 0.3) is 0 Å². The Bertz CT molecular complexity index is 490. The smallest absolute Gasteiger partial charge is 0.326 e. The van der Waals surface area contributed by atoms with Crippen molar-refractivity contribution in [3.63, 3.8) is 0 Å². The van der Waals surface area contributed by atoms with Crippen LogP contribution in [0.4, 0.5) is 0 Å². The van der Waals surface area contributed by atoms with Crippen LogP contribution in [0.5, 0.6) is 0 Å². The number of amides is 1. The Balaban J connectivity index is 2.59. The fraction of sp³-hybridized carbons (Fsp3) is 0.286. The molecule has 0 aliphatic rings. The molecule has 2 atom stereocenters. The molecule has 20 heavy (non-hydrogen) atoms. The number of carbonyl (C=O) groups is 2. The van der Waals surface area contributed by atoms with E-state index in [4.69, 9.17) is 16.7 Å². The van der Waals surface area contributed by atoms with E-state index in [0.717, 1.165) is 4.90 Å². The molecule has 1 aromatic rings. The number of carboxylic acid groups (broad SMARTS) is 1. The minimum absolute atomic E-state index is 0.194. The Morgan fingerprint density at radius 3 is 2.55 bits per heavy atom. The number of carbonyl (C=O) groups excluding carboxylic acids is 1. The van der Waals surface area contributed by atoms with E-state index in [1.165, 1.54) is 17.8 Å². The highest BCUT2D eigenvalue weighted by Gasteiger charge is 2.22. The fourth-order valence-electron chi connectivity index (χ4n) is 1.45. The lowest BCUT2D eigenvalue weighted by Crippen LogP contribution is -2.43. The van der Waals surface area contributed by atoms with Crippen LogP contribution in [0, 0.1) is 0 Å². The maximum atomic E-state index is 11.9. The van der Waals surface area contributed by atoms with Crippen LogP contribution >= 0.6 is 23.4 Å². The van der Waals surface area contributed by atoms with Gasteiger partial charge in [-0.1, -0.05) is 17.7 Å². The van der Waals surface area contributed by atoms with Crippen molar-refractivity contribution in [1.82, 2.24) is 5.32 Å². The van der Waals surface area contributed by atoms with Gasteiger partial charge >= 0.3 is 5.97 Å². The van der Waals surface area contributed by atoms with Crippen LogP contribution in [0.3, 0.4) is 0 Å². The van der Waals surface area contributed by atoms with Gasteiger partial charge in [0.1, 0.15) is 6.04 Å². The molecule has 0 saturated carbocycles. The van der Waals surface area contributed by atoms with E-state index in [1.54, 1.807) is 19.1 Å². The van der Waals surface area contributed by atoms with Crippen LogP contribution < -0.4 is 5.32 Å². The SMILES string of the molecule is C=CCC(NC(=O)C(C)Sc1ccc(Cl)cc1)C(=O)O. The number of benzene rings is 1. The van der Waals surface area contributed by atoms with Gasteiger partial charge in [0.25, 0.3) is 0 Å². The third kappa shape index (κ3) is 5.27. The van der Waals surface area contributed by atoms with Gasteiger partial charge < -0.3 is 10.4 Å². The number of halogens is 1. The van der Waals surface area contributed by atoms with Gasteiger partial charge in [0.2, 0.25) is 5.91 Å². The summed E-state index contributed by atoms with van der Waals surface area (Å²) >= 11 is 7.13. The summed E-state index contributed by atoms with van der Waals surface area (Å²) in [6.45, 7) is 5.20. The van der Waals surface area contributed by atoms with Crippen LogP contribution in [0.1, 0.15) is 13.3 Å². The first-order valence-corrected chi connectivity index (χ1v) is 7.26. The fourth-order valence-corrected chi connectivity index (χ4v) is 2.45. The van der Waals surface area contributed by atoms with Crippen molar-refractivity contribution in [2.24, 2.45) is 0 Å². The molecule has 2 N–H and O–H groups in total. The number of carboxylic acids is 1. The van der Waals surface area contributed by atoms with E-state index in [2.05, 4.69) is 11.9 Å². The molecule has 1 rings (SSSR count).